The summed E-state index contributed by atoms with van der Waals surface area (Å²) >= 11 is 0. The van der Waals surface area contributed by atoms with Crippen molar-refractivity contribution in [2.45, 2.75) is 17.9 Å². The lowest BCUT2D eigenvalue weighted by Gasteiger charge is -2.45. The Hall–Kier alpha value is -3.07. The monoisotopic (exact) mass is 380 g/mol. The highest BCUT2D eigenvalue weighted by Crippen LogP contribution is 2.45. The lowest BCUT2D eigenvalue weighted by molar-refractivity contribution is -0.287. The van der Waals surface area contributed by atoms with Crippen molar-refractivity contribution in [2.75, 3.05) is 0 Å². The van der Waals surface area contributed by atoms with Gasteiger partial charge >= 0.3 is 12.2 Å². The van der Waals surface area contributed by atoms with Gasteiger partial charge in [-0.1, -0.05) is 48.5 Å². The maximum Gasteiger partial charge on any atom is 0.437 e. The lowest BCUT2D eigenvalue weighted by atomic mass is 9.77. The molecule has 0 aromatic heterocycles. The highest BCUT2D eigenvalue weighted by atomic mass is 19.4. The van der Waals surface area contributed by atoms with E-state index in [9.17, 15) is 33.0 Å². The summed E-state index contributed by atoms with van der Waals surface area (Å²) in [5.41, 5.74) is -4.03. The quantitative estimate of drug-likeness (QED) is 0.615. The van der Waals surface area contributed by atoms with Gasteiger partial charge in [-0.2, -0.15) is 13.2 Å². The molecule has 1 fully saturated rings. The van der Waals surface area contributed by atoms with Gasteiger partial charge in [-0.25, -0.2) is 4.79 Å². The first-order valence-corrected chi connectivity index (χ1v) is 7.90. The van der Waals surface area contributed by atoms with Crippen LogP contribution in [0.3, 0.4) is 0 Å². The average Bonchev–Trinajstić information content (AvgIpc) is 2.61. The van der Waals surface area contributed by atoms with Crippen LogP contribution in [0.2, 0.25) is 0 Å². The number of phenolic OH excluding ortho intramolecular Hbond substituents is 1. The number of nitrogens with one attached hydrogen (secondary N) is 2. The van der Waals surface area contributed by atoms with E-state index in [0.29, 0.717) is 0 Å². The molecule has 1 saturated heterocycles. The van der Waals surface area contributed by atoms with Crippen molar-refractivity contribution < 1.29 is 33.0 Å². The molecule has 3 atom stereocenters. The fourth-order valence-corrected chi connectivity index (χ4v) is 3.13. The molecule has 142 valence electrons. The summed E-state index contributed by atoms with van der Waals surface area (Å²) in [7, 11) is 0. The van der Waals surface area contributed by atoms with E-state index in [1.807, 2.05) is 0 Å². The number of phenols is 1. The number of carbonyl (C=O) groups excluding carboxylic acids is 2. The van der Waals surface area contributed by atoms with Crippen LogP contribution in [0.4, 0.5) is 18.0 Å². The molecule has 1 heterocycles. The number of hydrogen-bond donors (Lipinski definition) is 4. The number of aliphatic hydroxyl groups is 1. The summed E-state index contributed by atoms with van der Waals surface area (Å²) in [4.78, 5) is 24.8. The van der Waals surface area contributed by atoms with Crippen LogP contribution in [-0.4, -0.2) is 33.9 Å². The molecule has 9 heteroatoms. The number of halogens is 3. The van der Waals surface area contributed by atoms with Gasteiger partial charge < -0.3 is 20.8 Å². The van der Waals surface area contributed by atoms with Gasteiger partial charge in [-0.15, -0.1) is 0 Å². The molecule has 2 amide bonds. The third-order valence-electron chi connectivity index (χ3n) is 4.42. The normalized spacial score (nSPS) is 25.4. The summed E-state index contributed by atoms with van der Waals surface area (Å²) in [5.74, 6) is -3.64. The number of alkyl halides is 3. The number of Topliss-reactive ketones (excluding diaryl/α,β-unsaturated/α-hetero) is 1. The molecule has 6 nitrogen and oxygen atoms in total. The summed E-state index contributed by atoms with van der Waals surface area (Å²) in [6.45, 7) is 0. The molecule has 0 saturated carbocycles. The van der Waals surface area contributed by atoms with Crippen molar-refractivity contribution in [1.82, 2.24) is 10.6 Å². The molecule has 2 aromatic carbocycles. The van der Waals surface area contributed by atoms with Gasteiger partial charge in [-0.3, -0.25) is 4.79 Å². The fraction of sp³-hybridized carbons (Fsp3) is 0.222. The van der Waals surface area contributed by atoms with Crippen LogP contribution in [0, 0.1) is 5.92 Å². The maximum atomic E-state index is 13.7. The lowest BCUT2D eigenvalue weighted by Crippen LogP contribution is -2.72. The molecule has 2 aromatic rings. The second kappa shape index (κ2) is 6.58. The van der Waals surface area contributed by atoms with E-state index in [1.165, 1.54) is 53.8 Å². The first kappa shape index (κ1) is 18.7. The molecule has 0 unspecified atom stereocenters. The largest absolute Gasteiger partial charge is 0.508 e. The molecule has 0 aliphatic carbocycles. The van der Waals surface area contributed by atoms with E-state index in [-0.39, 0.29) is 11.1 Å². The number of carbonyl (C=O) groups is 2. The fourth-order valence-electron chi connectivity index (χ4n) is 3.13. The molecule has 0 radical (unpaired) electrons. The summed E-state index contributed by atoms with van der Waals surface area (Å²) < 4.78 is 41.1. The van der Waals surface area contributed by atoms with Crippen LogP contribution >= 0.6 is 0 Å². The highest BCUT2D eigenvalue weighted by molar-refractivity contribution is 6.00. The smallest absolute Gasteiger partial charge is 0.437 e. The van der Waals surface area contributed by atoms with Gasteiger partial charge in [0.15, 0.2) is 5.78 Å². The van der Waals surface area contributed by atoms with Gasteiger partial charge in [-0.05, 0) is 6.07 Å². The first-order chi connectivity index (χ1) is 12.6. The Morgan fingerprint density at radius 2 is 1.63 bits per heavy atom. The van der Waals surface area contributed by atoms with E-state index in [2.05, 4.69) is 5.32 Å². The molecule has 0 spiro atoms. The van der Waals surface area contributed by atoms with E-state index < -0.39 is 41.4 Å². The number of amides is 2. The Bertz CT molecular complexity index is 872. The summed E-state index contributed by atoms with van der Waals surface area (Å²) in [6.07, 6.45) is -5.34. The minimum Gasteiger partial charge on any atom is -0.508 e. The zero-order valence-corrected chi connectivity index (χ0v) is 13.7. The van der Waals surface area contributed by atoms with Crippen molar-refractivity contribution in [2.24, 2.45) is 5.92 Å². The number of aromatic hydroxyl groups is 1. The van der Waals surface area contributed by atoms with Crippen LogP contribution in [0.1, 0.15) is 22.0 Å². The number of benzene rings is 2. The van der Waals surface area contributed by atoms with Crippen molar-refractivity contribution in [1.29, 1.82) is 0 Å². The predicted molar refractivity (Wildman–Crippen MR) is 87.8 cm³/mol. The highest BCUT2D eigenvalue weighted by Gasteiger charge is 2.66. The van der Waals surface area contributed by atoms with Gasteiger partial charge in [0.05, 0.1) is 6.04 Å². The van der Waals surface area contributed by atoms with E-state index in [1.54, 1.807) is 6.07 Å². The third-order valence-corrected chi connectivity index (χ3v) is 4.42. The van der Waals surface area contributed by atoms with Crippen molar-refractivity contribution in [3.8, 4) is 5.75 Å². The van der Waals surface area contributed by atoms with E-state index >= 15 is 0 Å². The second-order valence-electron chi connectivity index (χ2n) is 6.11. The Morgan fingerprint density at radius 1 is 1.04 bits per heavy atom. The van der Waals surface area contributed by atoms with Gasteiger partial charge in [0.25, 0.3) is 0 Å². The minimum absolute atomic E-state index is 0.0801. The number of ketones is 1. The third kappa shape index (κ3) is 3.21. The Balaban J connectivity index is 2.19. The van der Waals surface area contributed by atoms with Crippen molar-refractivity contribution in [3.63, 3.8) is 0 Å². The van der Waals surface area contributed by atoms with Crippen LogP contribution in [-0.2, 0) is 0 Å². The molecule has 27 heavy (non-hydrogen) atoms. The SMILES string of the molecule is O=C1N[C@@H](c2ccccc2O)[C@H](C(=O)c2ccccc2)[C@@](O)(C(F)(F)F)N1. The van der Waals surface area contributed by atoms with Crippen LogP contribution in [0.25, 0.3) is 0 Å². The predicted octanol–water partition coefficient (Wildman–Crippen LogP) is 2.50. The van der Waals surface area contributed by atoms with Crippen molar-refractivity contribution in [3.05, 3.63) is 65.7 Å². The van der Waals surface area contributed by atoms with E-state index in [4.69, 9.17) is 0 Å². The molecule has 1 aliphatic heterocycles. The topological polar surface area (TPSA) is 98.7 Å². The zero-order chi connectivity index (χ0) is 19.8. The molecular weight excluding hydrogens is 365 g/mol. The average molecular weight is 380 g/mol. The van der Waals surface area contributed by atoms with Crippen molar-refractivity contribution >= 4 is 11.8 Å². The molecule has 3 rings (SSSR count). The van der Waals surface area contributed by atoms with Gasteiger partial charge in [0.1, 0.15) is 11.7 Å². The maximum absolute atomic E-state index is 13.7. The minimum atomic E-state index is -5.34. The standard InChI is InChI=1S/C18H15F3N2O4/c19-18(20,21)17(27)13(15(25)10-6-2-1-3-7-10)14(22-16(26)23-17)11-8-4-5-9-12(11)24/h1-9,13-14,24,27H,(H2,22,23,26)/t13-,14+,17-/m1/s1. The number of urea groups is 1. The molecule has 4 N–H and O–H groups in total. The molecule has 1 aliphatic rings. The zero-order valence-electron chi connectivity index (χ0n) is 13.7. The van der Waals surface area contributed by atoms with Gasteiger partial charge in [0, 0.05) is 11.1 Å². The summed E-state index contributed by atoms with van der Waals surface area (Å²) in [5, 5.41) is 24.1. The van der Waals surface area contributed by atoms with E-state index in [0.717, 1.165) is 0 Å². The Morgan fingerprint density at radius 3 is 2.22 bits per heavy atom. The Kier molecular flexibility index (Phi) is 4.56. The number of hydrogen-bond acceptors (Lipinski definition) is 4. The first-order valence-electron chi connectivity index (χ1n) is 7.90. The van der Waals surface area contributed by atoms with Crippen LogP contribution < -0.4 is 10.6 Å². The summed E-state index contributed by atoms with van der Waals surface area (Å²) in [6, 6.07) is 9.52. The van der Waals surface area contributed by atoms with Crippen LogP contribution in [0.5, 0.6) is 5.75 Å². The molecular formula is C18H15F3N2O4. The Labute approximate surface area is 151 Å². The molecule has 0 bridgehead atoms. The number of para-hydroxylation sites is 1. The van der Waals surface area contributed by atoms with Crippen LogP contribution in [0.15, 0.2) is 54.6 Å². The van der Waals surface area contributed by atoms with Gasteiger partial charge in [0.2, 0.25) is 5.72 Å². The number of rotatable bonds is 3. The second-order valence-corrected chi connectivity index (χ2v) is 6.11.